The second-order valence-electron chi connectivity index (χ2n) is 7.64. The standard InChI is InChI=1S/C16H29NO4/c1-10(2)12-8-7-11(3)9-16(12,13(18)19)17-14(20)21-15(4,5)6/h10-12H,7-9H2,1-6H3,(H,17,20)(H,18,19)/t11-,12-,16-/m1/s1. The second kappa shape index (κ2) is 6.24. The van der Waals surface area contributed by atoms with Gasteiger partial charge in [0.05, 0.1) is 0 Å². The van der Waals surface area contributed by atoms with Crippen LogP contribution in [0.2, 0.25) is 0 Å². The van der Waals surface area contributed by atoms with Gasteiger partial charge in [-0.3, -0.25) is 0 Å². The van der Waals surface area contributed by atoms with Gasteiger partial charge < -0.3 is 15.2 Å². The van der Waals surface area contributed by atoms with E-state index in [1.54, 1.807) is 20.8 Å². The van der Waals surface area contributed by atoms with Gasteiger partial charge in [-0.05, 0) is 51.4 Å². The first-order valence-corrected chi connectivity index (χ1v) is 7.72. The Bertz CT molecular complexity index is 400. The van der Waals surface area contributed by atoms with E-state index in [2.05, 4.69) is 5.32 Å². The second-order valence-corrected chi connectivity index (χ2v) is 7.64. The zero-order chi connectivity index (χ0) is 16.4. The molecule has 0 unspecified atom stereocenters. The maximum Gasteiger partial charge on any atom is 0.408 e. The van der Waals surface area contributed by atoms with E-state index in [1.165, 1.54) is 0 Å². The summed E-state index contributed by atoms with van der Waals surface area (Å²) in [5.41, 5.74) is -1.87. The number of carbonyl (C=O) groups is 2. The highest BCUT2D eigenvalue weighted by molar-refractivity contribution is 5.85. The fourth-order valence-corrected chi connectivity index (χ4v) is 3.34. The van der Waals surface area contributed by atoms with Gasteiger partial charge in [0.1, 0.15) is 11.1 Å². The molecule has 5 nitrogen and oxygen atoms in total. The average Bonchev–Trinajstić information content (AvgIpc) is 2.24. The molecule has 1 fully saturated rings. The molecular formula is C16H29NO4. The van der Waals surface area contributed by atoms with Crippen molar-refractivity contribution in [2.45, 2.75) is 71.9 Å². The highest BCUT2D eigenvalue weighted by Crippen LogP contribution is 2.41. The average molecular weight is 299 g/mol. The van der Waals surface area contributed by atoms with Crippen LogP contribution in [0.5, 0.6) is 0 Å². The Balaban J connectivity index is 3.04. The number of hydrogen-bond donors (Lipinski definition) is 2. The number of amides is 1. The quantitative estimate of drug-likeness (QED) is 0.837. The minimum atomic E-state index is -1.23. The molecule has 0 radical (unpaired) electrons. The lowest BCUT2D eigenvalue weighted by Crippen LogP contribution is -2.63. The van der Waals surface area contributed by atoms with Gasteiger partial charge in [0.15, 0.2) is 0 Å². The van der Waals surface area contributed by atoms with Crippen LogP contribution in [0.4, 0.5) is 4.79 Å². The smallest absolute Gasteiger partial charge is 0.408 e. The van der Waals surface area contributed by atoms with Crippen LogP contribution in [0, 0.1) is 17.8 Å². The van der Waals surface area contributed by atoms with E-state index in [0.717, 1.165) is 12.8 Å². The molecule has 0 saturated heterocycles. The number of rotatable bonds is 3. The van der Waals surface area contributed by atoms with Crippen LogP contribution in [0.15, 0.2) is 0 Å². The summed E-state index contributed by atoms with van der Waals surface area (Å²) in [5, 5.41) is 12.5. The third kappa shape index (κ3) is 4.35. The summed E-state index contributed by atoms with van der Waals surface area (Å²) in [5.74, 6) is -0.591. The van der Waals surface area contributed by atoms with Crippen LogP contribution in [-0.4, -0.2) is 28.3 Å². The molecule has 1 aliphatic carbocycles. The van der Waals surface area contributed by atoms with Crippen molar-refractivity contribution >= 4 is 12.1 Å². The highest BCUT2D eigenvalue weighted by Gasteiger charge is 2.51. The zero-order valence-corrected chi connectivity index (χ0v) is 14.0. The van der Waals surface area contributed by atoms with Crippen molar-refractivity contribution in [3.63, 3.8) is 0 Å². The van der Waals surface area contributed by atoms with Crippen molar-refractivity contribution in [3.8, 4) is 0 Å². The number of hydrogen-bond acceptors (Lipinski definition) is 3. The summed E-state index contributed by atoms with van der Waals surface area (Å²) in [6.07, 6.45) is 1.60. The minimum absolute atomic E-state index is 0.0845. The molecule has 0 spiro atoms. The maximum absolute atomic E-state index is 12.1. The molecule has 0 heterocycles. The number of alkyl carbamates (subject to hydrolysis) is 1. The van der Waals surface area contributed by atoms with Gasteiger partial charge in [0.2, 0.25) is 0 Å². The molecule has 1 saturated carbocycles. The van der Waals surface area contributed by atoms with Crippen LogP contribution < -0.4 is 5.32 Å². The van der Waals surface area contributed by atoms with E-state index in [1.807, 2.05) is 20.8 Å². The topological polar surface area (TPSA) is 75.6 Å². The number of nitrogens with one attached hydrogen (secondary N) is 1. The van der Waals surface area contributed by atoms with Crippen LogP contribution >= 0.6 is 0 Å². The zero-order valence-electron chi connectivity index (χ0n) is 14.0. The first kappa shape index (κ1) is 17.8. The summed E-state index contributed by atoms with van der Waals surface area (Å²) in [6, 6.07) is 0. The molecule has 0 aliphatic heterocycles. The summed E-state index contributed by atoms with van der Waals surface area (Å²) in [7, 11) is 0. The van der Waals surface area contributed by atoms with Crippen LogP contribution in [0.3, 0.4) is 0 Å². The summed E-state index contributed by atoms with van der Waals surface area (Å²) < 4.78 is 5.27. The Labute approximate surface area is 127 Å². The van der Waals surface area contributed by atoms with E-state index in [-0.39, 0.29) is 17.8 Å². The van der Waals surface area contributed by atoms with Crippen LogP contribution in [-0.2, 0) is 9.53 Å². The highest BCUT2D eigenvalue weighted by atomic mass is 16.6. The lowest BCUT2D eigenvalue weighted by Gasteiger charge is -2.45. The number of carboxylic acid groups (broad SMARTS) is 1. The molecule has 122 valence electrons. The fourth-order valence-electron chi connectivity index (χ4n) is 3.34. The maximum atomic E-state index is 12.1. The van der Waals surface area contributed by atoms with Crippen LogP contribution in [0.25, 0.3) is 0 Å². The third-order valence-corrected chi connectivity index (χ3v) is 4.18. The van der Waals surface area contributed by atoms with Gasteiger partial charge in [-0.1, -0.05) is 27.2 Å². The lowest BCUT2D eigenvalue weighted by atomic mass is 9.65. The van der Waals surface area contributed by atoms with Crippen molar-refractivity contribution < 1.29 is 19.4 Å². The molecule has 0 aromatic carbocycles. The van der Waals surface area contributed by atoms with Crippen molar-refractivity contribution in [1.29, 1.82) is 0 Å². The molecule has 5 heteroatoms. The summed E-state index contributed by atoms with van der Waals surface area (Å²) in [6.45, 7) is 11.4. The Hall–Kier alpha value is -1.26. The minimum Gasteiger partial charge on any atom is -0.479 e. The molecule has 21 heavy (non-hydrogen) atoms. The fraction of sp³-hybridized carbons (Fsp3) is 0.875. The van der Waals surface area contributed by atoms with Crippen molar-refractivity contribution in [3.05, 3.63) is 0 Å². The molecule has 3 atom stereocenters. The number of ether oxygens (including phenoxy) is 1. The Morgan fingerprint density at radius 3 is 2.29 bits per heavy atom. The van der Waals surface area contributed by atoms with Crippen molar-refractivity contribution in [2.24, 2.45) is 17.8 Å². The Morgan fingerprint density at radius 2 is 1.86 bits per heavy atom. The molecule has 1 aliphatic rings. The van der Waals surface area contributed by atoms with E-state index >= 15 is 0 Å². The van der Waals surface area contributed by atoms with E-state index < -0.39 is 23.2 Å². The molecule has 0 bridgehead atoms. The number of carbonyl (C=O) groups excluding carboxylic acids is 1. The van der Waals surface area contributed by atoms with Gasteiger partial charge in [0, 0.05) is 0 Å². The Morgan fingerprint density at radius 1 is 1.29 bits per heavy atom. The first-order chi connectivity index (χ1) is 9.48. The largest absolute Gasteiger partial charge is 0.479 e. The van der Waals surface area contributed by atoms with E-state index in [9.17, 15) is 14.7 Å². The molecule has 1 amide bonds. The van der Waals surface area contributed by atoms with Gasteiger partial charge in [0.25, 0.3) is 0 Å². The molecule has 0 aromatic rings. The van der Waals surface area contributed by atoms with Gasteiger partial charge in [-0.2, -0.15) is 0 Å². The molecule has 0 aromatic heterocycles. The summed E-state index contributed by atoms with van der Waals surface area (Å²) in [4.78, 5) is 24.1. The predicted octanol–water partition coefficient (Wildman–Crippen LogP) is 3.43. The number of carboxylic acids is 1. The molecule has 1 rings (SSSR count). The summed E-state index contributed by atoms with van der Waals surface area (Å²) >= 11 is 0. The number of aliphatic carboxylic acids is 1. The Kier molecular flexibility index (Phi) is 5.29. The van der Waals surface area contributed by atoms with Gasteiger partial charge in [-0.15, -0.1) is 0 Å². The SMILES string of the molecule is CC(C)[C@H]1CC[C@@H](C)C[C@]1(NC(=O)OC(C)(C)C)C(=O)O. The van der Waals surface area contributed by atoms with Gasteiger partial charge >= 0.3 is 12.1 Å². The van der Waals surface area contributed by atoms with Crippen molar-refractivity contribution in [1.82, 2.24) is 5.32 Å². The first-order valence-electron chi connectivity index (χ1n) is 7.72. The molecule has 2 N–H and O–H groups in total. The van der Waals surface area contributed by atoms with E-state index in [4.69, 9.17) is 4.74 Å². The van der Waals surface area contributed by atoms with Crippen molar-refractivity contribution in [2.75, 3.05) is 0 Å². The van der Waals surface area contributed by atoms with Crippen LogP contribution in [0.1, 0.15) is 60.8 Å². The predicted molar refractivity (Wildman–Crippen MR) is 81.1 cm³/mol. The monoisotopic (exact) mass is 299 g/mol. The lowest BCUT2D eigenvalue weighted by molar-refractivity contribution is -0.151. The third-order valence-electron chi connectivity index (χ3n) is 4.18. The van der Waals surface area contributed by atoms with Gasteiger partial charge in [-0.25, -0.2) is 9.59 Å². The normalized spacial score (nSPS) is 30.0. The molecular weight excluding hydrogens is 270 g/mol. The van der Waals surface area contributed by atoms with E-state index in [0.29, 0.717) is 6.42 Å².